The number of aliphatic carboxylic acids is 1. The van der Waals surface area contributed by atoms with Gasteiger partial charge in [0.05, 0.1) is 0 Å². The van der Waals surface area contributed by atoms with Gasteiger partial charge in [0.2, 0.25) is 0 Å². The maximum Gasteiger partial charge on any atom is 0.320 e. The van der Waals surface area contributed by atoms with E-state index in [0.717, 1.165) is 24.9 Å². The number of carboxylic acids is 1. The fourth-order valence-corrected chi connectivity index (χ4v) is 2.91. The molecule has 0 amide bonds. The molecule has 0 saturated carbocycles. The quantitative estimate of drug-likeness (QED) is 0.932. The topological polar surface area (TPSA) is 40.5 Å². The number of halogens is 2. The lowest BCUT2D eigenvalue weighted by atomic mass is 10.0. The molecule has 1 heterocycles. The molecular weight excluding hydrogens is 301 g/mol. The highest BCUT2D eigenvalue weighted by atomic mass is 79.9. The molecule has 0 radical (unpaired) electrons. The van der Waals surface area contributed by atoms with Gasteiger partial charge < -0.3 is 5.11 Å². The normalized spacial score (nSPS) is 20.9. The number of nitrogens with zero attached hydrogens (tertiary/aromatic N) is 1. The standard InChI is InChI=1S/C13H15BrFNO2/c14-10-5-9(6-11(15)7-10)8-16-4-2-1-3-12(16)13(17)18/h5-7,12H,1-4,8H2,(H,17,18). The van der Waals surface area contributed by atoms with Gasteiger partial charge in [-0.1, -0.05) is 22.4 Å². The van der Waals surface area contributed by atoms with Crippen LogP contribution in [-0.2, 0) is 11.3 Å². The number of carboxylic acid groups (broad SMARTS) is 1. The van der Waals surface area contributed by atoms with E-state index >= 15 is 0 Å². The summed E-state index contributed by atoms with van der Waals surface area (Å²) in [5.41, 5.74) is 0.801. The molecule has 1 aliphatic heterocycles. The van der Waals surface area contributed by atoms with Gasteiger partial charge in [0.1, 0.15) is 11.9 Å². The van der Waals surface area contributed by atoms with E-state index in [2.05, 4.69) is 15.9 Å². The van der Waals surface area contributed by atoms with E-state index in [1.807, 2.05) is 11.0 Å². The van der Waals surface area contributed by atoms with Crippen LogP contribution in [0, 0.1) is 5.82 Å². The Kier molecular flexibility index (Phi) is 4.35. The van der Waals surface area contributed by atoms with Gasteiger partial charge in [0.15, 0.2) is 0 Å². The first-order chi connectivity index (χ1) is 8.56. The third-order valence-electron chi connectivity index (χ3n) is 3.21. The second kappa shape index (κ2) is 5.80. The molecule has 1 atom stereocenters. The van der Waals surface area contributed by atoms with Crippen molar-refractivity contribution in [3.05, 3.63) is 34.1 Å². The molecule has 1 saturated heterocycles. The summed E-state index contributed by atoms with van der Waals surface area (Å²) in [6.45, 7) is 1.23. The van der Waals surface area contributed by atoms with Crippen LogP contribution in [0.2, 0.25) is 0 Å². The van der Waals surface area contributed by atoms with Crippen LogP contribution in [0.4, 0.5) is 4.39 Å². The van der Waals surface area contributed by atoms with Crippen LogP contribution in [0.5, 0.6) is 0 Å². The first-order valence-electron chi connectivity index (χ1n) is 5.98. The Bertz CT molecular complexity index is 432. The summed E-state index contributed by atoms with van der Waals surface area (Å²) < 4.78 is 14.0. The minimum Gasteiger partial charge on any atom is -0.480 e. The maximum absolute atomic E-state index is 13.3. The molecule has 0 bridgehead atoms. The number of rotatable bonds is 3. The zero-order valence-corrected chi connectivity index (χ0v) is 11.5. The van der Waals surface area contributed by atoms with Crippen molar-refractivity contribution in [2.45, 2.75) is 31.8 Å². The van der Waals surface area contributed by atoms with Crippen molar-refractivity contribution in [1.29, 1.82) is 0 Å². The van der Waals surface area contributed by atoms with E-state index in [1.54, 1.807) is 0 Å². The third kappa shape index (κ3) is 3.29. The number of carbonyl (C=O) groups is 1. The van der Waals surface area contributed by atoms with Crippen molar-refractivity contribution in [2.24, 2.45) is 0 Å². The largest absolute Gasteiger partial charge is 0.480 e. The van der Waals surface area contributed by atoms with Gasteiger partial charge in [-0.15, -0.1) is 0 Å². The lowest BCUT2D eigenvalue weighted by Gasteiger charge is -2.32. The monoisotopic (exact) mass is 315 g/mol. The second-order valence-electron chi connectivity index (χ2n) is 4.60. The minimum atomic E-state index is -0.787. The van der Waals surface area contributed by atoms with Crippen LogP contribution in [0.15, 0.2) is 22.7 Å². The average molecular weight is 316 g/mol. The summed E-state index contributed by atoms with van der Waals surface area (Å²) in [5.74, 6) is -1.09. The van der Waals surface area contributed by atoms with Gasteiger partial charge in [-0.2, -0.15) is 0 Å². The SMILES string of the molecule is O=C(O)C1CCCCN1Cc1cc(F)cc(Br)c1. The van der Waals surface area contributed by atoms with E-state index in [0.29, 0.717) is 17.4 Å². The zero-order chi connectivity index (χ0) is 13.1. The predicted molar refractivity (Wildman–Crippen MR) is 69.8 cm³/mol. The molecule has 1 unspecified atom stereocenters. The zero-order valence-electron chi connectivity index (χ0n) is 9.90. The minimum absolute atomic E-state index is 0.303. The van der Waals surface area contributed by atoms with Gasteiger partial charge >= 0.3 is 5.97 Å². The fraction of sp³-hybridized carbons (Fsp3) is 0.462. The van der Waals surface area contributed by atoms with Gasteiger partial charge in [0, 0.05) is 11.0 Å². The van der Waals surface area contributed by atoms with Crippen LogP contribution in [0.1, 0.15) is 24.8 Å². The van der Waals surface area contributed by atoms with E-state index in [1.165, 1.54) is 12.1 Å². The van der Waals surface area contributed by atoms with Crippen LogP contribution < -0.4 is 0 Å². The van der Waals surface area contributed by atoms with Crippen LogP contribution in [0.3, 0.4) is 0 Å². The van der Waals surface area contributed by atoms with Crippen LogP contribution in [-0.4, -0.2) is 28.6 Å². The van der Waals surface area contributed by atoms with E-state index in [4.69, 9.17) is 0 Å². The maximum atomic E-state index is 13.3. The molecule has 1 fully saturated rings. The van der Waals surface area contributed by atoms with Gasteiger partial charge in [-0.05, 0) is 43.1 Å². The van der Waals surface area contributed by atoms with Crippen molar-refractivity contribution in [1.82, 2.24) is 4.90 Å². The lowest BCUT2D eigenvalue weighted by molar-refractivity contribution is -0.144. The average Bonchev–Trinajstić information content (AvgIpc) is 2.27. The number of likely N-dealkylation sites (tertiary alicyclic amines) is 1. The number of hydrogen-bond acceptors (Lipinski definition) is 2. The number of piperidine rings is 1. The Morgan fingerprint density at radius 3 is 2.89 bits per heavy atom. The Labute approximate surface area is 114 Å². The molecule has 2 rings (SSSR count). The third-order valence-corrected chi connectivity index (χ3v) is 3.66. The summed E-state index contributed by atoms with van der Waals surface area (Å²) in [5, 5.41) is 9.17. The van der Waals surface area contributed by atoms with Crippen molar-refractivity contribution < 1.29 is 14.3 Å². The Hall–Kier alpha value is -0.940. The summed E-state index contributed by atoms with van der Waals surface area (Å²) in [6, 6.07) is 4.24. The van der Waals surface area contributed by atoms with E-state index in [-0.39, 0.29) is 5.82 Å². The highest BCUT2D eigenvalue weighted by molar-refractivity contribution is 9.10. The molecule has 1 N–H and O–H groups in total. The van der Waals surface area contributed by atoms with Crippen molar-refractivity contribution in [2.75, 3.05) is 6.54 Å². The molecule has 98 valence electrons. The Morgan fingerprint density at radius 1 is 1.44 bits per heavy atom. The molecular formula is C13H15BrFNO2. The van der Waals surface area contributed by atoms with Crippen LogP contribution >= 0.6 is 15.9 Å². The van der Waals surface area contributed by atoms with Crippen LogP contribution in [0.25, 0.3) is 0 Å². The van der Waals surface area contributed by atoms with Gasteiger partial charge in [-0.25, -0.2) is 4.39 Å². The highest BCUT2D eigenvalue weighted by Gasteiger charge is 2.28. The lowest BCUT2D eigenvalue weighted by Crippen LogP contribution is -2.44. The fourth-order valence-electron chi connectivity index (χ4n) is 2.40. The molecule has 0 spiro atoms. The van der Waals surface area contributed by atoms with E-state index < -0.39 is 12.0 Å². The number of benzene rings is 1. The number of hydrogen-bond donors (Lipinski definition) is 1. The molecule has 1 aromatic carbocycles. The summed E-state index contributed by atoms with van der Waals surface area (Å²) in [4.78, 5) is 13.1. The first-order valence-corrected chi connectivity index (χ1v) is 6.77. The molecule has 0 aromatic heterocycles. The van der Waals surface area contributed by atoms with Gasteiger partial charge in [0.25, 0.3) is 0 Å². The highest BCUT2D eigenvalue weighted by Crippen LogP contribution is 2.22. The second-order valence-corrected chi connectivity index (χ2v) is 5.51. The summed E-state index contributed by atoms with van der Waals surface area (Å²) in [6.07, 6.45) is 2.62. The molecule has 3 nitrogen and oxygen atoms in total. The van der Waals surface area contributed by atoms with Gasteiger partial charge in [-0.3, -0.25) is 9.69 Å². The first kappa shape index (κ1) is 13.5. The summed E-state index contributed by atoms with van der Waals surface area (Å²) in [7, 11) is 0. The molecule has 5 heteroatoms. The van der Waals surface area contributed by atoms with Crippen molar-refractivity contribution in [3.63, 3.8) is 0 Å². The van der Waals surface area contributed by atoms with Crippen molar-refractivity contribution in [3.8, 4) is 0 Å². The van der Waals surface area contributed by atoms with Crippen molar-refractivity contribution >= 4 is 21.9 Å². The Morgan fingerprint density at radius 2 is 2.22 bits per heavy atom. The summed E-state index contributed by atoms with van der Waals surface area (Å²) >= 11 is 3.25. The molecule has 1 aromatic rings. The Balaban J connectivity index is 2.13. The van der Waals surface area contributed by atoms with E-state index in [9.17, 15) is 14.3 Å². The smallest absolute Gasteiger partial charge is 0.320 e. The molecule has 18 heavy (non-hydrogen) atoms. The predicted octanol–water partition coefficient (Wildman–Crippen LogP) is 3.03. The molecule has 1 aliphatic rings. The molecule has 0 aliphatic carbocycles.